The van der Waals surface area contributed by atoms with E-state index in [4.69, 9.17) is 9.47 Å². The summed E-state index contributed by atoms with van der Waals surface area (Å²) in [4.78, 5) is 25.0. The molecule has 1 saturated carbocycles. The van der Waals surface area contributed by atoms with Crippen LogP contribution in [0.3, 0.4) is 0 Å². The Morgan fingerprint density at radius 1 is 1.27 bits per heavy atom. The molecule has 0 unspecified atom stereocenters. The van der Waals surface area contributed by atoms with Crippen molar-refractivity contribution in [3.05, 3.63) is 40.6 Å². The fourth-order valence-corrected chi connectivity index (χ4v) is 3.92. The smallest absolute Gasteiger partial charge is 0.434 e. The molecule has 1 fully saturated rings. The highest BCUT2D eigenvalue weighted by molar-refractivity contribution is 6.23. The van der Waals surface area contributed by atoms with Crippen molar-refractivity contribution in [1.29, 1.82) is 0 Å². The maximum atomic E-state index is 12.9. The van der Waals surface area contributed by atoms with Crippen LogP contribution in [0.5, 0.6) is 0 Å². The van der Waals surface area contributed by atoms with Crippen molar-refractivity contribution in [2.24, 2.45) is 5.92 Å². The van der Waals surface area contributed by atoms with Crippen molar-refractivity contribution in [3.8, 4) is 0 Å². The van der Waals surface area contributed by atoms with Crippen molar-refractivity contribution in [2.45, 2.75) is 58.9 Å². The highest BCUT2D eigenvalue weighted by Gasteiger charge is 2.49. The van der Waals surface area contributed by atoms with Crippen LogP contribution in [-0.4, -0.2) is 24.2 Å². The number of rotatable bonds is 3. The lowest BCUT2D eigenvalue weighted by Crippen LogP contribution is -2.47. The Kier molecular flexibility index (Phi) is 5.08. The van der Waals surface area contributed by atoms with Crippen LogP contribution in [0.2, 0.25) is 0 Å². The summed E-state index contributed by atoms with van der Waals surface area (Å²) in [6.07, 6.45) is 2.75. The molecule has 5 nitrogen and oxygen atoms in total. The number of aryl methyl sites for hydroxylation is 2. The second kappa shape index (κ2) is 7.14. The molecule has 0 atom stereocenters. The molecular formula is C21H27NO4. The quantitative estimate of drug-likeness (QED) is 0.821. The summed E-state index contributed by atoms with van der Waals surface area (Å²) in [7, 11) is 0. The van der Waals surface area contributed by atoms with Gasteiger partial charge < -0.3 is 14.8 Å². The summed E-state index contributed by atoms with van der Waals surface area (Å²) in [5, 5.41) is 3.14. The Morgan fingerprint density at radius 2 is 1.96 bits per heavy atom. The zero-order chi connectivity index (χ0) is 18.9. The maximum absolute atomic E-state index is 12.9. The Balaban J connectivity index is 2.11. The zero-order valence-corrected chi connectivity index (χ0v) is 16.0. The van der Waals surface area contributed by atoms with Crippen LogP contribution >= 0.6 is 0 Å². The van der Waals surface area contributed by atoms with Gasteiger partial charge in [0.1, 0.15) is 5.76 Å². The normalized spacial score (nSPS) is 25.4. The summed E-state index contributed by atoms with van der Waals surface area (Å²) >= 11 is 0. The second-order valence-electron chi connectivity index (χ2n) is 7.53. The third-order valence-electron chi connectivity index (χ3n) is 5.48. The Morgan fingerprint density at radius 3 is 2.62 bits per heavy atom. The van der Waals surface area contributed by atoms with Crippen LogP contribution < -0.4 is 5.32 Å². The monoisotopic (exact) mass is 357 g/mol. The fraction of sp³-hybridized carbons (Fsp3) is 0.524. The predicted molar refractivity (Wildman–Crippen MR) is 99.4 cm³/mol. The molecule has 2 aliphatic rings. The standard InChI is InChI=1S/C21H27NO4/c1-5-25-20(24)26-18-17(16-12-14(3)6-7-15(16)4)19(23)22-21(18)10-8-13(2)9-11-21/h6-7,12-13H,5,8-11H2,1-4H3,(H,22,23). The van der Waals surface area contributed by atoms with E-state index in [1.54, 1.807) is 6.92 Å². The number of carbonyl (C=O) groups is 2. The molecule has 1 heterocycles. The lowest BCUT2D eigenvalue weighted by atomic mass is 9.76. The van der Waals surface area contributed by atoms with Crippen LogP contribution in [0.25, 0.3) is 5.57 Å². The van der Waals surface area contributed by atoms with Gasteiger partial charge in [-0.1, -0.05) is 30.7 Å². The van der Waals surface area contributed by atoms with Gasteiger partial charge in [-0.2, -0.15) is 0 Å². The molecule has 26 heavy (non-hydrogen) atoms. The highest BCUT2D eigenvalue weighted by Crippen LogP contribution is 2.45. The van der Waals surface area contributed by atoms with Crippen molar-refractivity contribution in [1.82, 2.24) is 5.32 Å². The molecule has 0 bridgehead atoms. The number of amides is 1. The molecule has 5 heteroatoms. The van der Waals surface area contributed by atoms with E-state index in [2.05, 4.69) is 12.2 Å². The van der Waals surface area contributed by atoms with Gasteiger partial charge in [-0.15, -0.1) is 0 Å². The average Bonchev–Trinajstić information content (AvgIpc) is 2.85. The minimum absolute atomic E-state index is 0.174. The maximum Gasteiger partial charge on any atom is 0.513 e. The van der Waals surface area contributed by atoms with Gasteiger partial charge in [0.25, 0.3) is 5.91 Å². The van der Waals surface area contributed by atoms with E-state index in [0.29, 0.717) is 17.3 Å². The molecule has 140 valence electrons. The van der Waals surface area contributed by atoms with Crippen molar-refractivity contribution in [3.63, 3.8) is 0 Å². The minimum Gasteiger partial charge on any atom is -0.434 e. The summed E-state index contributed by atoms with van der Waals surface area (Å²) < 4.78 is 10.6. The highest BCUT2D eigenvalue weighted by atomic mass is 16.7. The number of hydrogen-bond acceptors (Lipinski definition) is 4. The summed E-state index contributed by atoms with van der Waals surface area (Å²) in [5.74, 6) is 0.861. The van der Waals surface area contributed by atoms with Gasteiger partial charge in [0, 0.05) is 0 Å². The van der Waals surface area contributed by atoms with Gasteiger partial charge in [0.2, 0.25) is 0 Å². The first-order valence-corrected chi connectivity index (χ1v) is 9.36. The van der Waals surface area contributed by atoms with E-state index in [1.807, 2.05) is 32.0 Å². The third kappa shape index (κ3) is 3.35. The summed E-state index contributed by atoms with van der Waals surface area (Å²) in [6.45, 7) is 8.13. The predicted octanol–water partition coefficient (Wildman–Crippen LogP) is 4.27. The lowest BCUT2D eigenvalue weighted by molar-refractivity contribution is -0.116. The molecule has 1 aromatic carbocycles. The Bertz CT molecular complexity index is 757. The summed E-state index contributed by atoms with van der Waals surface area (Å²) in [5.41, 5.74) is 2.71. The first-order valence-electron chi connectivity index (χ1n) is 9.36. The SMILES string of the molecule is CCOC(=O)OC1=C(c2cc(C)ccc2C)C(=O)NC12CCC(C)CC2. The Hall–Kier alpha value is -2.30. The molecule has 1 aliphatic carbocycles. The number of ether oxygens (including phenoxy) is 2. The fourth-order valence-electron chi connectivity index (χ4n) is 3.92. The van der Waals surface area contributed by atoms with E-state index in [9.17, 15) is 9.59 Å². The number of nitrogens with one attached hydrogen (secondary N) is 1. The van der Waals surface area contributed by atoms with Crippen molar-refractivity contribution in [2.75, 3.05) is 6.61 Å². The molecule has 1 N–H and O–H groups in total. The van der Waals surface area contributed by atoms with Gasteiger partial charge in [0.15, 0.2) is 0 Å². The Labute approximate surface area is 154 Å². The third-order valence-corrected chi connectivity index (χ3v) is 5.48. The number of carbonyl (C=O) groups excluding carboxylic acids is 2. The van der Waals surface area contributed by atoms with E-state index >= 15 is 0 Å². The molecule has 3 rings (SSSR count). The van der Waals surface area contributed by atoms with Crippen molar-refractivity contribution < 1.29 is 19.1 Å². The molecule has 1 aromatic rings. The van der Waals surface area contributed by atoms with E-state index in [-0.39, 0.29) is 12.5 Å². The van der Waals surface area contributed by atoms with Crippen LogP contribution in [0.1, 0.15) is 56.2 Å². The lowest BCUT2D eigenvalue weighted by Gasteiger charge is -2.37. The second-order valence-corrected chi connectivity index (χ2v) is 7.53. The van der Waals surface area contributed by atoms with E-state index < -0.39 is 11.7 Å². The topological polar surface area (TPSA) is 64.6 Å². The van der Waals surface area contributed by atoms with E-state index in [0.717, 1.165) is 42.4 Å². The van der Waals surface area contributed by atoms with Gasteiger partial charge in [-0.25, -0.2) is 4.79 Å². The zero-order valence-electron chi connectivity index (χ0n) is 16.0. The van der Waals surface area contributed by atoms with Crippen molar-refractivity contribution >= 4 is 17.6 Å². The average molecular weight is 357 g/mol. The number of benzene rings is 1. The van der Waals surface area contributed by atoms with Crippen LogP contribution in [-0.2, 0) is 14.3 Å². The molecule has 1 aliphatic heterocycles. The van der Waals surface area contributed by atoms with Gasteiger partial charge >= 0.3 is 6.16 Å². The largest absolute Gasteiger partial charge is 0.513 e. The number of hydrogen-bond donors (Lipinski definition) is 1. The molecule has 0 aromatic heterocycles. The van der Waals surface area contributed by atoms with Gasteiger partial charge in [-0.05, 0) is 63.5 Å². The molecule has 1 spiro atoms. The van der Waals surface area contributed by atoms with Crippen LogP contribution in [0.4, 0.5) is 4.79 Å². The first-order chi connectivity index (χ1) is 12.4. The van der Waals surface area contributed by atoms with E-state index in [1.165, 1.54) is 0 Å². The van der Waals surface area contributed by atoms with Gasteiger partial charge in [-0.3, -0.25) is 4.79 Å². The van der Waals surface area contributed by atoms with Crippen LogP contribution in [0, 0.1) is 19.8 Å². The minimum atomic E-state index is -0.750. The molecule has 1 amide bonds. The first kappa shape index (κ1) is 18.5. The molecular weight excluding hydrogens is 330 g/mol. The molecule has 0 radical (unpaired) electrons. The van der Waals surface area contributed by atoms with Crippen LogP contribution in [0.15, 0.2) is 24.0 Å². The summed E-state index contributed by atoms with van der Waals surface area (Å²) in [6, 6.07) is 5.97. The van der Waals surface area contributed by atoms with Gasteiger partial charge in [0.05, 0.1) is 17.7 Å². The molecule has 0 saturated heterocycles.